The van der Waals surface area contributed by atoms with E-state index < -0.39 is 22.8 Å². The quantitative estimate of drug-likeness (QED) is 0.524. The first-order chi connectivity index (χ1) is 13.4. The number of hydrogen-bond donors (Lipinski definition) is 4. The van der Waals surface area contributed by atoms with Crippen molar-refractivity contribution < 1.29 is 15.0 Å². The van der Waals surface area contributed by atoms with Crippen LogP contribution in [0.15, 0.2) is 29.1 Å². The topological polar surface area (TPSA) is 107 Å². The number of allylic oxidation sites excluding steroid dienone is 1. The summed E-state index contributed by atoms with van der Waals surface area (Å²) in [7, 11) is 2.02. The third-order valence-electron chi connectivity index (χ3n) is 5.26. The highest BCUT2D eigenvalue weighted by Gasteiger charge is 2.24. The first kappa shape index (κ1) is 20.7. The summed E-state index contributed by atoms with van der Waals surface area (Å²) >= 11 is 0. The van der Waals surface area contributed by atoms with E-state index in [0.717, 1.165) is 40.8 Å². The molecule has 0 aliphatic heterocycles. The zero-order valence-corrected chi connectivity index (χ0v) is 16.9. The Morgan fingerprint density at radius 2 is 2.07 bits per heavy atom. The van der Waals surface area contributed by atoms with Crippen molar-refractivity contribution in [1.82, 2.24) is 14.9 Å². The van der Waals surface area contributed by atoms with E-state index in [1.165, 1.54) is 0 Å². The van der Waals surface area contributed by atoms with Crippen LogP contribution in [0.2, 0.25) is 0 Å². The molecule has 0 bridgehead atoms. The zero-order valence-electron chi connectivity index (χ0n) is 16.1. The molecule has 4 N–H and O–H groups in total. The molecular formula is C21H22ClN3O4. The van der Waals surface area contributed by atoms with Gasteiger partial charge in [-0.3, -0.25) is 4.79 Å². The van der Waals surface area contributed by atoms with E-state index in [4.69, 9.17) is 0 Å². The number of nitrogens with zero attached hydrogens (tertiary/aromatic N) is 1. The second kappa shape index (κ2) is 7.77. The zero-order chi connectivity index (χ0) is 20.0. The molecule has 29 heavy (non-hydrogen) atoms. The van der Waals surface area contributed by atoms with Gasteiger partial charge in [-0.2, -0.15) is 0 Å². The fourth-order valence-electron chi connectivity index (χ4n) is 3.79. The fourth-order valence-corrected chi connectivity index (χ4v) is 3.79. The van der Waals surface area contributed by atoms with Gasteiger partial charge in [0.05, 0.1) is 5.69 Å². The average molecular weight is 416 g/mol. The SMILES string of the molecule is CCNCc1cc2cc3c(cc2n1C)C=CCc1c-3[nH]c(=O)c(C(=O)O)c1O.Cl. The van der Waals surface area contributed by atoms with Crippen molar-refractivity contribution in [2.45, 2.75) is 19.9 Å². The lowest BCUT2D eigenvalue weighted by atomic mass is 9.98. The first-order valence-electron chi connectivity index (χ1n) is 9.13. The minimum atomic E-state index is -1.44. The summed E-state index contributed by atoms with van der Waals surface area (Å²) in [5.41, 5.74) is 3.32. The van der Waals surface area contributed by atoms with Crippen LogP contribution in [0.1, 0.15) is 34.1 Å². The number of fused-ring (bicyclic) bond motifs is 4. The van der Waals surface area contributed by atoms with Crippen molar-refractivity contribution in [3.63, 3.8) is 0 Å². The summed E-state index contributed by atoms with van der Waals surface area (Å²) < 4.78 is 2.13. The molecule has 0 unspecified atom stereocenters. The summed E-state index contributed by atoms with van der Waals surface area (Å²) in [5, 5.41) is 24.0. The van der Waals surface area contributed by atoms with E-state index in [9.17, 15) is 19.8 Å². The van der Waals surface area contributed by atoms with Crippen LogP contribution in [-0.2, 0) is 20.0 Å². The third kappa shape index (κ3) is 3.32. The maximum atomic E-state index is 12.3. The number of pyridine rings is 1. The van der Waals surface area contributed by atoms with Crippen LogP contribution >= 0.6 is 12.4 Å². The molecular weight excluding hydrogens is 394 g/mol. The van der Waals surface area contributed by atoms with Crippen LogP contribution in [0, 0.1) is 0 Å². The molecule has 2 heterocycles. The summed E-state index contributed by atoms with van der Waals surface area (Å²) in [6, 6.07) is 6.12. The van der Waals surface area contributed by atoms with E-state index in [1.54, 1.807) is 0 Å². The predicted octanol–water partition coefficient (Wildman–Crippen LogP) is 3.04. The van der Waals surface area contributed by atoms with Gasteiger partial charge in [-0.05, 0) is 36.7 Å². The van der Waals surface area contributed by atoms with E-state index in [0.29, 0.717) is 17.7 Å². The van der Waals surface area contributed by atoms with Crippen LogP contribution in [0.25, 0.3) is 28.2 Å². The van der Waals surface area contributed by atoms with Crippen LogP contribution in [0.3, 0.4) is 0 Å². The summed E-state index contributed by atoms with van der Waals surface area (Å²) in [6.07, 6.45) is 4.13. The minimum Gasteiger partial charge on any atom is -0.506 e. The number of nitrogens with one attached hydrogen (secondary N) is 2. The molecule has 0 spiro atoms. The first-order valence-corrected chi connectivity index (χ1v) is 9.13. The highest BCUT2D eigenvalue weighted by atomic mass is 35.5. The molecule has 0 amide bonds. The molecule has 0 fully saturated rings. The van der Waals surface area contributed by atoms with Crippen molar-refractivity contribution in [3.8, 4) is 17.0 Å². The standard InChI is InChI=1S/C21H21N3O4.ClH/c1-3-22-10-13-7-12-8-15-11(9-16(12)24(13)2)5-4-6-14-18(15)23-20(26)17(19(14)25)21(27)28;/h4-5,7-9,22H,3,6,10H2,1-2H3,(H,27,28)(H2,23,25,26);1H. The van der Waals surface area contributed by atoms with Crippen LogP contribution in [-0.4, -0.2) is 32.3 Å². The number of benzene rings is 1. The molecule has 2 aromatic heterocycles. The maximum Gasteiger partial charge on any atom is 0.345 e. The van der Waals surface area contributed by atoms with Crippen molar-refractivity contribution in [2.24, 2.45) is 7.05 Å². The minimum absolute atomic E-state index is 0. The lowest BCUT2D eigenvalue weighted by Gasteiger charge is -2.13. The Morgan fingerprint density at radius 1 is 1.31 bits per heavy atom. The van der Waals surface area contributed by atoms with Gasteiger partial charge in [-0.15, -0.1) is 12.4 Å². The lowest BCUT2D eigenvalue weighted by molar-refractivity contribution is 0.0691. The highest BCUT2D eigenvalue weighted by Crippen LogP contribution is 2.37. The Kier molecular flexibility index (Phi) is 5.55. The summed E-state index contributed by atoms with van der Waals surface area (Å²) in [5.74, 6) is -1.91. The van der Waals surface area contributed by atoms with E-state index >= 15 is 0 Å². The van der Waals surface area contributed by atoms with Crippen molar-refractivity contribution in [1.29, 1.82) is 0 Å². The van der Waals surface area contributed by atoms with E-state index in [2.05, 4.69) is 27.9 Å². The van der Waals surface area contributed by atoms with Gasteiger partial charge in [-0.25, -0.2) is 4.79 Å². The Hall–Kier alpha value is -3.03. The number of rotatable bonds is 4. The molecule has 0 saturated carbocycles. The number of aryl methyl sites for hydroxylation is 1. The number of aromatic nitrogens is 2. The monoisotopic (exact) mass is 415 g/mol. The van der Waals surface area contributed by atoms with Crippen LogP contribution in [0.5, 0.6) is 5.75 Å². The smallest absolute Gasteiger partial charge is 0.345 e. The second-order valence-electron chi connectivity index (χ2n) is 6.92. The van der Waals surface area contributed by atoms with Gasteiger partial charge in [0.25, 0.3) is 5.56 Å². The number of H-pyrrole nitrogens is 1. The van der Waals surface area contributed by atoms with Crippen LogP contribution < -0.4 is 10.9 Å². The van der Waals surface area contributed by atoms with Gasteiger partial charge in [-0.1, -0.05) is 19.1 Å². The molecule has 8 heteroatoms. The summed E-state index contributed by atoms with van der Waals surface area (Å²) in [4.78, 5) is 26.3. The number of carbonyl (C=O) groups is 1. The fraction of sp³-hybridized carbons (Fsp3) is 0.238. The number of halogens is 1. The van der Waals surface area contributed by atoms with Gasteiger partial charge in [0.1, 0.15) is 5.75 Å². The number of aromatic amines is 1. The van der Waals surface area contributed by atoms with Crippen molar-refractivity contribution in [3.05, 3.63) is 57.0 Å². The number of carboxylic acid groups (broad SMARTS) is 1. The predicted molar refractivity (Wildman–Crippen MR) is 115 cm³/mol. The maximum absolute atomic E-state index is 12.3. The molecule has 1 aliphatic carbocycles. The largest absolute Gasteiger partial charge is 0.506 e. The molecule has 4 rings (SSSR count). The molecule has 1 aliphatic rings. The Morgan fingerprint density at radius 3 is 2.76 bits per heavy atom. The second-order valence-corrected chi connectivity index (χ2v) is 6.92. The van der Waals surface area contributed by atoms with Crippen molar-refractivity contribution >= 4 is 35.4 Å². The number of hydrogen-bond acceptors (Lipinski definition) is 4. The van der Waals surface area contributed by atoms with Gasteiger partial charge < -0.3 is 25.1 Å². The molecule has 0 radical (unpaired) electrons. The third-order valence-corrected chi connectivity index (χ3v) is 5.26. The van der Waals surface area contributed by atoms with Crippen molar-refractivity contribution in [2.75, 3.05) is 6.54 Å². The molecule has 7 nitrogen and oxygen atoms in total. The van der Waals surface area contributed by atoms with Gasteiger partial charge in [0.15, 0.2) is 5.56 Å². The Balaban J connectivity index is 0.00000240. The molecule has 1 aromatic carbocycles. The normalized spacial score (nSPS) is 12.2. The van der Waals surface area contributed by atoms with E-state index in [1.807, 2.05) is 31.3 Å². The number of aromatic carboxylic acids is 1. The molecule has 0 atom stereocenters. The highest BCUT2D eigenvalue weighted by molar-refractivity contribution is 5.95. The van der Waals surface area contributed by atoms with Gasteiger partial charge in [0, 0.05) is 41.3 Å². The van der Waals surface area contributed by atoms with Gasteiger partial charge >= 0.3 is 5.97 Å². The average Bonchev–Trinajstić information content (AvgIpc) is 2.83. The van der Waals surface area contributed by atoms with Crippen LogP contribution in [0.4, 0.5) is 0 Å². The Labute approximate surface area is 173 Å². The van der Waals surface area contributed by atoms with Gasteiger partial charge in [0.2, 0.25) is 0 Å². The number of carboxylic acids is 1. The number of aromatic hydroxyl groups is 1. The molecule has 0 saturated heterocycles. The van der Waals surface area contributed by atoms with E-state index in [-0.39, 0.29) is 12.4 Å². The molecule has 3 aromatic rings. The summed E-state index contributed by atoms with van der Waals surface area (Å²) in [6.45, 7) is 3.68. The molecule has 152 valence electrons. The Bertz CT molecular complexity index is 1210. The lowest BCUT2D eigenvalue weighted by Crippen LogP contribution is -2.20.